The lowest BCUT2D eigenvalue weighted by Gasteiger charge is -2.17. The molecule has 0 bridgehead atoms. The molecule has 0 unspecified atom stereocenters. The van der Waals surface area contributed by atoms with Gasteiger partial charge >= 0.3 is 0 Å². The summed E-state index contributed by atoms with van der Waals surface area (Å²) in [6, 6.07) is 10.9. The first-order valence-corrected chi connectivity index (χ1v) is 6.57. The van der Waals surface area contributed by atoms with Gasteiger partial charge < -0.3 is 10.1 Å². The summed E-state index contributed by atoms with van der Waals surface area (Å²) in [6.45, 7) is 1.80. The number of carbonyl (C=O) groups excluding carboxylic acids is 1. The third kappa shape index (κ3) is 4.27. The zero-order valence-electron chi connectivity index (χ0n) is 11.5. The maximum Gasteiger partial charge on any atom is 0.265 e. The highest BCUT2D eigenvalue weighted by atomic mass is 19.1. The number of nitrogens with one attached hydrogen (secondary N) is 1. The Morgan fingerprint density at radius 2 is 1.57 bits per heavy atom. The molecular weight excluding hydrogens is 276 g/mol. The predicted molar refractivity (Wildman–Crippen MR) is 76.1 cm³/mol. The molecule has 0 radical (unpaired) electrons. The fourth-order valence-electron chi connectivity index (χ4n) is 1.76. The normalized spacial score (nSPS) is 11.8. The van der Waals surface area contributed by atoms with Crippen molar-refractivity contribution in [3.05, 3.63) is 60.2 Å². The minimum atomic E-state index is -0.708. The molecule has 1 N–H and O–H groups in total. The van der Waals surface area contributed by atoms with E-state index in [1.165, 1.54) is 48.5 Å². The highest BCUT2D eigenvalue weighted by Gasteiger charge is 2.18. The lowest BCUT2D eigenvalue weighted by molar-refractivity contribution is -0.122. The number of hydrogen-bond donors (Lipinski definition) is 1. The standard InChI is InChI=1S/C16H15F2NO2/c1-2-15(21-14-9-5-12(18)6-10-14)16(20)19-13-7-3-11(17)4-8-13/h3-10,15H,2H2,1H3,(H,19,20)/t15-/m1/s1. The van der Waals surface area contributed by atoms with E-state index in [0.29, 0.717) is 17.9 Å². The van der Waals surface area contributed by atoms with Crippen molar-refractivity contribution in [2.45, 2.75) is 19.4 Å². The molecule has 1 amide bonds. The van der Waals surface area contributed by atoms with E-state index in [-0.39, 0.29) is 17.5 Å². The summed E-state index contributed by atoms with van der Waals surface area (Å²) in [5.41, 5.74) is 0.488. The van der Waals surface area contributed by atoms with Gasteiger partial charge in [-0.3, -0.25) is 4.79 Å². The predicted octanol–water partition coefficient (Wildman–Crippen LogP) is 3.76. The number of benzene rings is 2. The Morgan fingerprint density at radius 1 is 1.05 bits per heavy atom. The van der Waals surface area contributed by atoms with Crippen LogP contribution in [0.3, 0.4) is 0 Å². The fraction of sp³-hybridized carbons (Fsp3) is 0.188. The largest absolute Gasteiger partial charge is 0.481 e. The van der Waals surface area contributed by atoms with E-state index in [1.807, 2.05) is 0 Å². The first-order chi connectivity index (χ1) is 10.1. The summed E-state index contributed by atoms with van der Waals surface area (Å²) in [5.74, 6) is -0.667. The first kappa shape index (κ1) is 15.0. The zero-order chi connectivity index (χ0) is 15.2. The minimum absolute atomic E-state index is 0.339. The molecule has 21 heavy (non-hydrogen) atoms. The molecule has 0 spiro atoms. The number of carbonyl (C=O) groups is 1. The van der Waals surface area contributed by atoms with Crippen LogP contribution in [0, 0.1) is 11.6 Å². The smallest absolute Gasteiger partial charge is 0.265 e. The molecular formula is C16H15F2NO2. The van der Waals surface area contributed by atoms with Crippen molar-refractivity contribution in [3.63, 3.8) is 0 Å². The van der Waals surface area contributed by atoms with E-state index in [1.54, 1.807) is 6.92 Å². The van der Waals surface area contributed by atoms with E-state index in [9.17, 15) is 13.6 Å². The maximum absolute atomic E-state index is 12.8. The second-order valence-electron chi connectivity index (χ2n) is 4.46. The molecule has 0 aliphatic rings. The molecule has 0 fully saturated rings. The molecule has 0 heterocycles. The molecule has 2 aromatic carbocycles. The van der Waals surface area contributed by atoms with Crippen LogP contribution in [0.5, 0.6) is 5.75 Å². The Morgan fingerprint density at radius 3 is 2.10 bits per heavy atom. The van der Waals surface area contributed by atoms with Crippen LogP contribution in [0.25, 0.3) is 0 Å². The highest BCUT2D eigenvalue weighted by Crippen LogP contribution is 2.16. The van der Waals surface area contributed by atoms with Gasteiger partial charge in [-0.2, -0.15) is 0 Å². The second-order valence-corrected chi connectivity index (χ2v) is 4.46. The maximum atomic E-state index is 12.8. The molecule has 3 nitrogen and oxygen atoms in total. The Balaban J connectivity index is 2.01. The van der Waals surface area contributed by atoms with Crippen molar-refractivity contribution in [1.82, 2.24) is 0 Å². The van der Waals surface area contributed by atoms with Gasteiger partial charge in [-0.05, 0) is 55.0 Å². The Kier molecular flexibility index (Phi) is 4.87. The fourth-order valence-corrected chi connectivity index (χ4v) is 1.76. The minimum Gasteiger partial charge on any atom is -0.481 e. The van der Waals surface area contributed by atoms with Crippen molar-refractivity contribution < 1.29 is 18.3 Å². The Hall–Kier alpha value is -2.43. The lowest BCUT2D eigenvalue weighted by atomic mass is 10.2. The summed E-state index contributed by atoms with van der Waals surface area (Å²) in [4.78, 5) is 12.1. The quantitative estimate of drug-likeness (QED) is 0.911. The number of anilines is 1. The van der Waals surface area contributed by atoms with Gasteiger partial charge in [0.15, 0.2) is 6.10 Å². The van der Waals surface area contributed by atoms with Gasteiger partial charge in [0.2, 0.25) is 0 Å². The van der Waals surface area contributed by atoms with Crippen LogP contribution in [-0.2, 0) is 4.79 Å². The van der Waals surface area contributed by atoms with Crippen LogP contribution in [0.15, 0.2) is 48.5 Å². The third-order valence-corrected chi connectivity index (χ3v) is 2.87. The second kappa shape index (κ2) is 6.83. The van der Waals surface area contributed by atoms with Crippen LogP contribution in [-0.4, -0.2) is 12.0 Å². The lowest BCUT2D eigenvalue weighted by Crippen LogP contribution is -2.32. The average molecular weight is 291 g/mol. The van der Waals surface area contributed by atoms with Crippen molar-refractivity contribution in [2.75, 3.05) is 5.32 Å². The number of amides is 1. The van der Waals surface area contributed by atoms with Crippen molar-refractivity contribution in [1.29, 1.82) is 0 Å². The van der Waals surface area contributed by atoms with Crippen molar-refractivity contribution >= 4 is 11.6 Å². The number of halogens is 2. The topological polar surface area (TPSA) is 38.3 Å². The molecule has 0 aliphatic carbocycles. The van der Waals surface area contributed by atoms with Gasteiger partial charge in [-0.25, -0.2) is 8.78 Å². The van der Waals surface area contributed by atoms with Crippen LogP contribution < -0.4 is 10.1 Å². The number of rotatable bonds is 5. The average Bonchev–Trinajstić information content (AvgIpc) is 2.49. The molecule has 0 saturated carbocycles. The molecule has 1 atom stereocenters. The van der Waals surface area contributed by atoms with E-state index in [4.69, 9.17) is 4.74 Å². The Bertz CT molecular complexity index is 597. The summed E-state index contributed by atoms with van der Waals surface area (Å²) < 4.78 is 31.1. The summed E-state index contributed by atoms with van der Waals surface area (Å²) in [5, 5.41) is 2.65. The molecule has 2 aromatic rings. The Labute approximate surface area is 121 Å². The summed E-state index contributed by atoms with van der Waals surface area (Å²) >= 11 is 0. The van der Waals surface area contributed by atoms with E-state index in [0.717, 1.165) is 0 Å². The van der Waals surface area contributed by atoms with E-state index in [2.05, 4.69) is 5.32 Å². The van der Waals surface area contributed by atoms with E-state index < -0.39 is 6.10 Å². The van der Waals surface area contributed by atoms with E-state index >= 15 is 0 Å². The van der Waals surface area contributed by atoms with Crippen LogP contribution in [0.1, 0.15) is 13.3 Å². The van der Waals surface area contributed by atoms with Gasteiger partial charge in [0.25, 0.3) is 5.91 Å². The molecule has 0 aromatic heterocycles. The van der Waals surface area contributed by atoms with Gasteiger partial charge in [-0.15, -0.1) is 0 Å². The van der Waals surface area contributed by atoms with Crippen LogP contribution in [0.4, 0.5) is 14.5 Å². The SMILES string of the molecule is CC[C@@H](Oc1ccc(F)cc1)C(=O)Nc1ccc(F)cc1. The van der Waals surface area contributed by atoms with Crippen molar-refractivity contribution in [2.24, 2.45) is 0 Å². The molecule has 0 aliphatic heterocycles. The van der Waals surface area contributed by atoms with Crippen LogP contribution in [0.2, 0.25) is 0 Å². The molecule has 110 valence electrons. The third-order valence-electron chi connectivity index (χ3n) is 2.87. The van der Waals surface area contributed by atoms with Gasteiger partial charge in [0.05, 0.1) is 0 Å². The number of ether oxygens (including phenoxy) is 1. The molecule has 0 saturated heterocycles. The van der Waals surface area contributed by atoms with Crippen LogP contribution >= 0.6 is 0 Å². The van der Waals surface area contributed by atoms with Crippen molar-refractivity contribution in [3.8, 4) is 5.75 Å². The van der Waals surface area contributed by atoms with Gasteiger partial charge in [0, 0.05) is 5.69 Å². The van der Waals surface area contributed by atoms with Gasteiger partial charge in [0.1, 0.15) is 17.4 Å². The molecule has 5 heteroatoms. The van der Waals surface area contributed by atoms with Gasteiger partial charge in [-0.1, -0.05) is 6.92 Å². The monoisotopic (exact) mass is 291 g/mol. The molecule has 2 rings (SSSR count). The summed E-state index contributed by atoms with van der Waals surface area (Å²) in [6.07, 6.45) is -0.259. The highest BCUT2D eigenvalue weighted by molar-refractivity contribution is 5.94. The number of hydrogen-bond acceptors (Lipinski definition) is 2. The summed E-state index contributed by atoms with van der Waals surface area (Å²) in [7, 11) is 0. The first-order valence-electron chi connectivity index (χ1n) is 6.57. The zero-order valence-corrected chi connectivity index (χ0v) is 11.5.